The first-order valence-corrected chi connectivity index (χ1v) is 6.30. The van der Waals surface area contributed by atoms with Crippen LogP contribution in [-0.4, -0.2) is 22.2 Å². The maximum atomic E-state index is 11.6. The molecular formula is C12H9N3O4S. The zero-order valence-corrected chi connectivity index (χ0v) is 10.8. The highest BCUT2D eigenvalue weighted by Crippen LogP contribution is 2.25. The fourth-order valence-electron chi connectivity index (χ4n) is 1.40. The number of aromatic hydroxyl groups is 1. The molecule has 1 heterocycles. The Kier molecular flexibility index (Phi) is 4.06. The number of amides is 1. The van der Waals surface area contributed by atoms with Crippen LogP contribution in [0.2, 0.25) is 0 Å². The lowest BCUT2D eigenvalue weighted by molar-refractivity contribution is -0.385. The molecule has 102 valence electrons. The van der Waals surface area contributed by atoms with Crippen LogP contribution in [0.5, 0.6) is 5.75 Å². The van der Waals surface area contributed by atoms with Gasteiger partial charge in [0, 0.05) is 11.6 Å². The number of nitrogens with zero attached hydrogens (tertiary/aromatic N) is 2. The van der Waals surface area contributed by atoms with Gasteiger partial charge in [0.25, 0.3) is 5.91 Å². The van der Waals surface area contributed by atoms with Crippen molar-refractivity contribution in [2.45, 2.75) is 0 Å². The number of carbonyl (C=O) groups excluding carboxylic acids is 1. The number of phenols is 1. The minimum absolute atomic E-state index is 0.357. The van der Waals surface area contributed by atoms with E-state index in [-0.39, 0.29) is 5.91 Å². The van der Waals surface area contributed by atoms with Crippen LogP contribution in [0.15, 0.2) is 40.8 Å². The Balaban J connectivity index is 2.07. The third-order valence-electron chi connectivity index (χ3n) is 2.32. The molecule has 0 bridgehead atoms. The third-order valence-corrected chi connectivity index (χ3v) is 3.19. The van der Waals surface area contributed by atoms with Gasteiger partial charge in [-0.1, -0.05) is 6.07 Å². The Morgan fingerprint density at radius 3 is 2.90 bits per heavy atom. The monoisotopic (exact) mass is 291 g/mol. The van der Waals surface area contributed by atoms with Crippen LogP contribution in [0.25, 0.3) is 0 Å². The van der Waals surface area contributed by atoms with Gasteiger partial charge in [-0.25, -0.2) is 5.43 Å². The molecule has 2 aromatic rings. The largest absolute Gasteiger partial charge is 0.502 e. The summed E-state index contributed by atoms with van der Waals surface area (Å²) < 4.78 is 0. The number of carbonyl (C=O) groups is 1. The number of thiophene rings is 1. The molecule has 1 amide bonds. The van der Waals surface area contributed by atoms with Crippen molar-refractivity contribution in [3.63, 3.8) is 0 Å². The molecule has 20 heavy (non-hydrogen) atoms. The minimum atomic E-state index is -0.698. The molecule has 7 nitrogen and oxygen atoms in total. The molecule has 2 N–H and O–H groups in total. The molecule has 1 aromatic heterocycles. The normalized spacial score (nSPS) is 10.6. The van der Waals surface area contributed by atoms with E-state index in [0.29, 0.717) is 10.4 Å². The number of nitrogens with one attached hydrogen (secondary N) is 1. The van der Waals surface area contributed by atoms with Gasteiger partial charge in [-0.2, -0.15) is 5.10 Å². The molecule has 0 aliphatic heterocycles. The van der Waals surface area contributed by atoms with Crippen molar-refractivity contribution in [3.8, 4) is 5.75 Å². The lowest BCUT2D eigenvalue weighted by Gasteiger charge is -1.98. The quantitative estimate of drug-likeness (QED) is 0.511. The summed E-state index contributed by atoms with van der Waals surface area (Å²) in [7, 11) is 0. The van der Waals surface area contributed by atoms with Crippen molar-refractivity contribution in [2.75, 3.05) is 0 Å². The van der Waals surface area contributed by atoms with E-state index in [1.54, 1.807) is 17.5 Å². The first kappa shape index (κ1) is 13.7. The Bertz CT molecular complexity index is 667. The molecule has 0 saturated carbocycles. The third kappa shape index (κ3) is 3.18. The summed E-state index contributed by atoms with van der Waals surface area (Å²) >= 11 is 1.28. The molecule has 0 radical (unpaired) electrons. The highest BCUT2D eigenvalue weighted by atomic mass is 32.1. The molecule has 8 heteroatoms. The average molecular weight is 291 g/mol. The van der Waals surface area contributed by atoms with Crippen molar-refractivity contribution in [1.82, 2.24) is 5.43 Å². The first-order valence-electron chi connectivity index (χ1n) is 5.42. The number of hydrogen-bond acceptors (Lipinski definition) is 6. The van der Waals surface area contributed by atoms with E-state index in [1.807, 2.05) is 0 Å². The van der Waals surface area contributed by atoms with Crippen LogP contribution in [-0.2, 0) is 0 Å². The van der Waals surface area contributed by atoms with Gasteiger partial charge in [-0.15, -0.1) is 11.3 Å². The lowest BCUT2D eigenvalue weighted by Crippen LogP contribution is -2.16. The summed E-state index contributed by atoms with van der Waals surface area (Å²) in [6.45, 7) is 0. The molecule has 0 aliphatic carbocycles. The van der Waals surface area contributed by atoms with Crippen molar-refractivity contribution in [2.24, 2.45) is 5.10 Å². The predicted octanol–water partition coefficient (Wildman–Crippen LogP) is 2.13. The van der Waals surface area contributed by atoms with Gasteiger partial charge in [0.1, 0.15) is 0 Å². The number of nitro benzene ring substituents is 1. The second-order valence-corrected chi connectivity index (χ2v) is 4.63. The van der Waals surface area contributed by atoms with Gasteiger partial charge in [0.15, 0.2) is 5.75 Å². The molecule has 2 rings (SSSR count). The first-order chi connectivity index (χ1) is 9.58. The van der Waals surface area contributed by atoms with E-state index >= 15 is 0 Å². The summed E-state index contributed by atoms with van der Waals surface area (Å²) in [5, 5.41) is 25.4. The van der Waals surface area contributed by atoms with Gasteiger partial charge in [0.05, 0.1) is 16.0 Å². The average Bonchev–Trinajstić information content (AvgIpc) is 2.94. The van der Waals surface area contributed by atoms with Gasteiger partial charge in [-0.3, -0.25) is 14.9 Å². The van der Waals surface area contributed by atoms with Gasteiger partial charge in [0.2, 0.25) is 0 Å². The Hall–Kier alpha value is -2.74. The molecule has 0 aliphatic rings. The lowest BCUT2D eigenvalue weighted by atomic mass is 10.2. The van der Waals surface area contributed by atoms with Crippen molar-refractivity contribution < 1.29 is 14.8 Å². The number of benzene rings is 1. The maximum Gasteiger partial charge on any atom is 0.311 e. The fraction of sp³-hybridized carbons (Fsp3) is 0. The van der Waals surface area contributed by atoms with Crippen LogP contribution in [0.1, 0.15) is 15.2 Å². The van der Waals surface area contributed by atoms with Gasteiger partial charge in [-0.05, 0) is 23.6 Å². The Morgan fingerprint density at radius 1 is 1.45 bits per heavy atom. The van der Waals surface area contributed by atoms with Crippen molar-refractivity contribution >= 4 is 29.1 Å². The maximum absolute atomic E-state index is 11.6. The number of hydrogen-bond donors (Lipinski definition) is 2. The molecule has 1 aromatic carbocycles. The Morgan fingerprint density at radius 2 is 2.25 bits per heavy atom. The fourth-order valence-corrected chi connectivity index (χ4v) is 2.01. The zero-order valence-electron chi connectivity index (χ0n) is 10.0. The second-order valence-electron chi connectivity index (χ2n) is 3.68. The van der Waals surface area contributed by atoms with Crippen LogP contribution < -0.4 is 5.43 Å². The van der Waals surface area contributed by atoms with Gasteiger partial charge < -0.3 is 5.11 Å². The van der Waals surface area contributed by atoms with Crippen LogP contribution in [0.4, 0.5) is 5.69 Å². The highest BCUT2D eigenvalue weighted by molar-refractivity contribution is 7.12. The summed E-state index contributed by atoms with van der Waals surface area (Å²) in [5.41, 5.74) is 2.28. The standard InChI is InChI=1S/C12H9N3O4S/c16-10-4-3-8(6-9(10)15(18)19)7-13-14-12(17)11-2-1-5-20-11/h1-7,16H,(H,14,17)/b13-7-. The number of hydrazone groups is 1. The SMILES string of the molecule is O=C(N/N=C\c1ccc(O)c([N+](=O)[O-])c1)c1cccs1. The van der Waals surface area contributed by atoms with Crippen LogP contribution in [0.3, 0.4) is 0 Å². The van der Waals surface area contributed by atoms with Crippen LogP contribution >= 0.6 is 11.3 Å². The minimum Gasteiger partial charge on any atom is -0.502 e. The van der Waals surface area contributed by atoms with Crippen molar-refractivity contribution in [3.05, 3.63) is 56.3 Å². The van der Waals surface area contributed by atoms with E-state index in [0.717, 1.165) is 6.07 Å². The number of phenolic OH excluding ortho intramolecular Hbond substituents is 1. The van der Waals surface area contributed by atoms with E-state index < -0.39 is 16.4 Å². The molecule has 0 saturated heterocycles. The number of nitro groups is 1. The van der Waals surface area contributed by atoms with E-state index in [2.05, 4.69) is 10.5 Å². The zero-order chi connectivity index (χ0) is 14.5. The highest BCUT2D eigenvalue weighted by Gasteiger charge is 2.12. The molecule has 0 spiro atoms. The van der Waals surface area contributed by atoms with E-state index in [9.17, 15) is 20.0 Å². The Labute approximate surface area is 117 Å². The summed E-state index contributed by atoms with van der Waals surface area (Å²) in [5.74, 6) is -0.778. The van der Waals surface area contributed by atoms with E-state index in [4.69, 9.17) is 0 Å². The molecule has 0 unspecified atom stereocenters. The van der Waals surface area contributed by atoms with Gasteiger partial charge >= 0.3 is 5.69 Å². The second kappa shape index (κ2) is 5.93. The predicted molar refractivity (Wildman–Crippen MR) is 74.1 cm³/mol. The summed E-state index contributed by atoms with van der Waals surface area (Å²) in [6.07, 6.45) is 1.26. The molecule has 0 atom stereocenters. The van der Waals surface area contributed by atoms with Crippen molar-refractivity contribution in [1.29, 1.82) is 0 Å². The summed E-state index contributed by atoms with van der Waals surface area (Å²) in [6, 6.07) is 7.20. The molecule has 0 fully saturated rings. The molecular weight excluding hydrogens is 282 g/mol. The van der Waals surface area contributed by atoms with E-state index in [1.165, 1.54) is 29.7 Å². The summed E-state index contributed by atoms with van der Waals surface area (Å²) in [4.78, 5) is 22.0. The van der Waals surface area contributed by atoms with Crippen LogP contribution in [0, 0.1) is 10.1 Å². The smallest absolute Gasteiger partial charge is 0.311 e. The number of rotatable bonds is 4. The topological polar surface area (TPSA) is 105 Å².